The van der Waals surface area contributed by atoms with E-state index in [2.05, 4.69) is 47.7 Å². The lowest BCUT2D eigenvalue weighted by molar-refractivity contribution is 0.665. The molecule has 0 bridgehead atoms. The van der Waals surface area contributed by atoms with E-state index in [9.17, 15) is 0 Å². The van der Waals surface area contributed by atoms with Crippen molar-refractivity contribution in [3.05, 3.63) is 29.6 Å². The number of nitrogens with zero attached hydrogens (tertiary/aromatic N) is 1. The summed E-state index contributed by atoms with van der Waals surface area (Å²) in [6, 6.07) is 8.31. The quantitative estimate of drug-likeness (QED) is 0.646. The number of thiophene rings is 1. The smallest absolute Gasteiger partial charge is 0.193 e. The molecule has 0 aliphatic carbocycles. The van der Waals surface area contributed by atoms with Crippen molar-refractivity contribution in [2.75, 3.05) is 11.9 Å². The topological polar surface area (TPSA) is 50.4 Å². The van der Waals surface area contributed by atoms with Crippen LogP contribution >= 0.6 is 11.3 Å². The van der Waals surface area contributed by atoms with Crippen LogP contribution in [0.2, 0.25) is 0 Å². The summed E-state index contributed by atoms with van der Waals surface area (Å²) in [5.74, 6) is 1.00. The lowest BCUT2D eigenvalue weighted by Gasteiger charge is -2.06. The highest BCUT2D eigenvalue weighted by Crippen LogP contribution is 2.23. The largest absolute Gasteiger partial charge is 0.370 e. The first-order chi connectivity index (χ1) is 8.15. The lowest BCUT2D eigenvalue weighted by atomic mass is 10.2. The van der Waals surface area contributed by atoms with Gasteiger partial charge in [0.15, 0.2) is 5.96 Å². The fraction of sp³-hybridized carbons (Fsp3) is 0.308. The molecule has 1 aromatic heterocycles. The number of fused-ring (bicyclic) bond motifs is 1. The van der Waals surface area contributed by atoms with Crippen molar-refractivity contribution in [3.63, 3.8) is 0 Å². The second-order valence-corrected chi connectivity index (χ2v) is 5.37. The highest BCUT2D eigenvalue weighted by atomic mass is 32.1. The molecule has 0 spiro atoms. The van der Waals surface area contributed by atoms with E-state index in [0.717, 1.165) is 12.2 Å². The Morgan fingerprint density at radius 3 is 3.00 bits per heavy atom. The molecule has 2 rings (SSSR count). The zero-order chi connectivity index (χ0) is 12.3. The minimum absolute atomic E-state index is 0.480. The van der Waals surface area contributed by atoms with Crippen LogP contribution in [0.5, 0.6) is 0 Å². The summed E-state index contributed by atoms with van der Waals surface area (Å²) >= 11 is 1.74. The van der Waals surface area contributed by atoms with E-state index in [1.54, 1.807) is 11.3 Å². The van der Waals surface area contributed by atoms with Crippen molar-refractivity contribution in [2.24, 2.45) is 16.6 Å². The number of anilines is 1. The molecule has 3 N–H and O–H groups in total. The van der Waals surface area contributed by atoms with Crippen LogP contribution < -0.4 is 11.1 Å². The molecule has 3 nitrogen and oxygen atoms in total. The molecule has 0 aliphatic heterocycles. The summed E-state index contributed by atoms with van der Waals surface area (Å²) in [7, 11) is 0. The van der Waals surface area contributed by atoms with Crippen LogP contribution in [0.4, 0.5) is 5.69 Å². The summed E-state index contributed by atoms with van der Waals surface area (Å²) < 4.78 is 1.29. The van der Waals surface area contributed by atoms with Gasteiger partial charge in [0.2, 0.25) is 0 Å². The maximum Gasteiger partial charge on any atom is 0.193 e. The number of hydrogen-bond donors (Lipinski definition) is 2. The van der Waals surface area contributed by atoms with Crippen LogP contribution in [0, 0.1) is 5.92 Å². The Bertz CT molecular complexity index is 528. The van der Waals surface area contributed by atoms with Crippen LogP contribution in [0.25, 0.3) is 10.1 Å². The Labute approximate surface area is 105 Å². The average Bonchev–Trinajstić information content (AvgIpc) is 2.73. The first-order valence-electron chi connectivity index (χ1n) is 5.69. The van der Waals surface area contributed by atoms with E-state index in [4.69, 9.17) is 5.73 Å². The fourth-order valence-corrected chi connectivity index (χ4v) is 2.28. The van der Waals surface area contributed by atoms with Gasteiger partial charge in [0.05, 0.1) is 0 Å². The second kappa shape index (κ2) is 5.19. The third-order valence-corrected chi connectivity index (χ3v) is 3.25. The van der Waals surface area contributed by atoms with Crippen LogP contribution in [-0.2, 0) is 0 Å². The summed E-state index contributed by atoms with van der Waals surface area (Å²) in [5.41, 5.74) is 6.80. The molecule has 2 aromatic rings. The van der Waals surface area contributed by atoms with Crippen molar-refractivity contribution in [1.82, 2.24) is 0 Å². The fourth-order valence-electron chi connectivity index (χ4n) is 1.51. The monoisotopic (exact) mass is 247 g/mol. The van der Waals surface area contributed by atoms with E-state index in [1.165, 1.54) is 10.1 Å². The molecule has 4 heteroatoms. The molecule has 0 fully saturated rings. The van der Waals surface area contributed by atoms with Gasteiger partial charge in [-0.05, 0) is 40.9 Å². The molecule has 0 unspecified atom stereocenters. The molecule has 0 atom stereocenters. The van der Waals surface area contributed by atoms with E-state index < -0.39 is 0 Å². The summed E-state index contributed by atoms with van der Waals surface area (Å²) in [6.45, 7) is 4.99. The van der Waals surface area contributed by atoms with Crippen LogP contribution in [0.15, 0.2) is 34.6 Å². The Balaban J connectivity index is 2.09. The number of guanidine groups is 1. The van der Waals surface area contributed by atoms with Crippen molar-refractivity contribution in [3.8, 4) is 0 Å². The van der Waals surface area contributed by atoms with Gasteiger partial charge in [0, 0.05) is 16.9 Å². The van der Waals surface area contributed by atoms with Gasteiger partial charge in [0.25, 0.3) is 0 Å². The number of hydrogen-bond acceptors (Lipinski definition) is 2. The third kappa shape index (κ3) is 3.20. The first-order valence-corrected chi connectivity index (χ1v) is 6.57. The van der Waals surface area contributed by atoms with E-state index >= 15 is 0 Å². The molecule has 0 amide bonds. The molecule has 17 heavy (non-hydrogen) atoms. The summed E-state index contributed by atoms with van der Waals surface area (Å²) in [4.78, 5) is 4.27. The van der Waals surface area contributed by atoms with Gasteiger partial charge in [-0.3, -0.25) is 4.99 Å². The predicted molar refractivity (Wildman–Crippen MR) is 76.8 cm³/mol. The normalized spacial score (nSPS) is 12.3. The maximum absolute atomic E-state index is 5.81. The lowest BCUT2D eigenvalue weighted by Crippen LogP contribution is -2.23. The summed E-state index contributed by atoms with van der Waals surface area (Å²) in [5, 5.41) is 6.43. The Kier molecular flexibility index (Phi) is 3.64. The number of nitrogens with two attached hydrogens (primary N) is 1. The van der Waals surface area contributed by atoms with Gasteiger partial charge < -0.3 is 11.1 Å². The molecule has 0 radical (unpaired) electrons. The SMILES string of the molecule is CC(C)CN=C(N)Nc1ccc2sccc2c1. The van der Waals surface area contributed by atoms with E-state index in [0.29, 0.717) is 11.9 Å². The molecule has 90 valence electrons. The van der Waals surface area contributed by atoms with Crippen molar-refractivity contribution < 1.29 is 0 Å². The zero-order valence-electron chi connectivity index (χ0n) is 10.1. The summed E-state index contributed by atoms with van der Waals surface area (Å²) in [6.07, 6.45) is 0. The van der Waals surface area contributed by atoms with Crippen LogP contribution in [0.1, 0.15) is 13.8 Å². The van der Waals surface area contributed by atoms with Crippen LogP contribution in [0.3, 0.4) is 0 Å². The number of rotatable bonds is 3. The minimum atomic E-state index is 0.480. The molecule has 0 saturated heterocycles. The predicted octanol–water partition coefficient (Wildman–Crippen LogP) is 3.28. The zero-order valence-corrected chi connectivity index (χ0v) is 10.9. The Morgan fingerprint density at radius 1 is 1.41 bits per heavy atom. The maximum atomic E-state index is 5.81. The first kappa shape index (κ1) is 11.9. The van der Waals surface area contributed by atoms with Gasteiger partial charge in [-0.1, -0.05) is 13.8 Å². The standard InChI is InChI=1S/C13H17N3S/c1-9(2)8-15-13(14)16-11-3-4-12-10(7-11)5-6-17-12/h3-7,9H,8H2,1-2H3,(H3,14,15,16). The number of benzene rings is 1. The molecule has 1 aromatic carbocycles. The van der Waals surface area contributed by atoms with Gasteiger partial charge >= 0.3 is 0 Å². The van der Waals surface area contributed by atoms with Crippen molar-refractivity contribution >= 4 is 33.1 Å². The molecular weight excluding hydrogens is 230 g/mol. The highest BCUT2D eigenvalue weighted by molar-refractivity contribution is 7.17. The third-order valence-electron chi connectivity index (χ3n) is 2.35. The number of aliphatic imine (C=N–C) groups is 1. The van der Waals surface area contributed by atoms with Gasteiger partial charge in [0.1, 0.15) is 0 Å². The van der Waals surface area contributed by atoms with Gasteiger partial charge in [-0.25, -0.2) is 0 Å². The molecule has 1 heterocycles. The van der Waals surface area contributed by atoms with E-state index in [-0.39, 0.29) is 0 Å². The Morgan fingerprint density at radius 2 is 2.24 bits per heavy atom. The minimum Gasteiger partial charge on any atom is -0.370 e. The Hall–Kier alpha value is -1.55. The van der Waals surface area contributed by atoms with Crippen molar-refractivity contribution in [1.29, 1.82) is 0 Å². The second-order valence-electron chi connectivity index (χ2n) is 4.42. The highest BCUT2D eigenvalue weighted by Gasteiger charge is 1.99. The van der Waals surface area contributed by atoms with E-state index in [1.807, 2.05) is 6.07 Å². The average molecular weight is 247 g/mol. The molecule has 0 saturated carbocycles. The molecular formula is C13H17N3S. The van der Waals surface area contributed by atoms with Gasteiger partial charge in [-0.15, -0.1) is 11.3 Å². The van der Waals surface area contributed by atoms with Crippen LogP contribution in [-0.4, -0.2) is 12.5 Å². The van der Waals surface area contributed by atoms with Crippen molar-refractivity contribution in [2.45, 2.75) is 13.8 Å². The van der Waals surface area contributed by atoms with Gasteiger partial charge in [-0.2, -0.15) is 0 Å². The number of nitrogens with one attached hydrogen (secondary N) is 1. The molecule has 0 aliphatic rings.